The van der Waals surface area contributed by atoms with Gasteiger partial charge in [-0.15, -0.1) is 0 Å². The van der Waals surface area contributed by atoms with Crippen molar-refractivity contribution < 1.29 is 22.3 Å². The Bertz CT molecular complexity index is 1680. The van der Waals surface area contributed by atoms with E-state index in [2.05, 4.69) is 20.3 Å². The van der Waals surface area contributed by atoms with E-state index in [4.69, 9.17) is 16.3 Å². The Kier molecular flexibility index (Phi) is 7.06. The second-order valence-corrected chi connectivity index (χ2v) is 12.3. The van der Waals surface area contributed by atoms with E-state index in [9.17, 15) is 17.6 Å². The van der Waals surface area contributed by atoms with Crippen LogP contribution in [0.2, 0.25) is 5.02 Å². The van der Waals surface area contributed by atoms with Crippen molar-refractivity contribution in [3.05, 3.63) is 65.3 Å². The summed E-state index contributed by atoms with van der Waals surface area (Å²) in [6.07, 6.45) is 6.37. The monoisotopic (exact) mass is 571 g/mol. The topological polar surface area (TPSA) is 116 Å². The highest BCUT2D eigenvalue weighted by atomic mass is 35.5. The van der Waals surface area contributed by atoms with E-state index in [1.165, 1.54) is 31.6 Å². The van der Waals surface area contributed by atoms with E-state index in [0.29, 0.717) is 35.2 Å². The Balaban J connectivity index is 1.57. The summed E-state index contributed by atoms with van der Waals surface area (Å²) in [4.78, 5) is 25.1. The predicted molar refractivity (Wildman–Crippen MR) is 145 cm³/mol. The molecular weight excluding hydrogens is 545 g/mol. The molecule has 204 valence electrons. The zero-order chi connectivity index (χ0) is 27.9. The van der Waals surface area contributed by atoms with Crippen LogP contribution in [0.5, 0.6) is 0 Å². The number of nitrogens with one attached hydrogen (secondary N) is 1. The van der Waals surface area contributed by atoms with Gasteiger partial charge in [-0.3, -0.25) is 4.79 Å². The van der Waals surface area contributed by atoms with Crippen molar-refractivity contribution in [2.45, 2.75) is 50.0 Å². The lowest BCUT2D eigenvalue weighted by atomic mass is 9.77. The van der Waals surface area contributed by atoms with E-state index in [1.54, 1.807) is 18.2 Å². The first-order valence-corrected chi connectivity index (χ1v) is 14.2. The van der Waals surface area contributed by atoms with Crippen molar-refractivity contribution in [3.8, 4) is 11.4 Å². The lowest BCUT2D eigenvalue weighted by molar-refractivity contribution is -0.147. The smallest absolute Gasteiger partial charge is 0.308 e. The molecule has 0 radical (unpaired) electrons. The number of carbonyl (C=O) groups is 1. The maximum Gasteiger partial charge on any atom is 0.308 e. The molecule has 1 fully saturated rings. The fraction of sp³-hybridized carbons (Fsp3) is 0.333. The van der Waals surface area contributed by atoms with Crippen LogP contribution in [0.1, 0.15) is 38.2 Å². The maximum atomic E-state index is 14.9. The standard InChI is InChI=1S/C27H27ClFN5O4S/c1-16-6-8-19(9-7-16)39(36,37)34-15-21(20-11-18(28)13-31-25(20)34)23-30-14-22(29)24(32-23)33-27(2)10-4-5-17(12-27)26(35)38-3/h6-9,11,13-15,17H,4-5,10,12H2,1-3H3,(H,30,32,33). The van der Waals surface area contributed by atoms with E-state index in [0.717, 1.165) is 22.2 Å². The van der Waals surface area contributed by atoms with Crippen LogP contribution < -0.4 is 5.32 Å². The zero-order valence-electron chi connectivity index (χ0n) is 21.6. The normalized spacial score (nSPS) is 19.7. The van der Waals surface area contributed by atoms with E-state index in [-0.39, 0.29) is 34.1 Å². The lowest BCUT2D eigenvalue weighted by Crippen LogP contribution is -2.42. The maximum absolute atomic E-state index is 14.9. The van der Waals surface area contributed by atoms with Gasteiger partial charge in [-0.2, -0.15) is 0 Å². The summed E-state index contributed by atoms with van der Waals surface area (Å²) in [5.74, 6) is -1.23. The molecule has 2 unspecified atom stereocenters. The molecule has 5 rings (SSSR count). The van der Waals surface area contributed by atoms with Crippen LogP contribution in [0.4, 0.5) is 10.2 Å². The minimum Gasteiger partial charge on any atom is -0.469 e. The summed E-state index contributed by atoms with van der Waals surface area (Å²) in [5.41, 5.74) is 0.760. The minimum absolute atomic E-state index is 0.0507. The van der Waals surface area contributed by atoms with Gasteiger partial charge < -0.3 is 10.1 Å². The second kappa shape index (κ2) is 10.2. The molecule has 4 aromatic rings. The van der Waals surface area contributed by atoms with Gasteiger partial charge in [-0.25, -0.2) is 31.7 Å². The third kappa shape index (κ3) is 5.20. The molecule has 1 aliphatic rings. The fourth-order valence-electron chi connectivity index (χ4n) is 5.08. The van der Waals surface area contributed by atoms with Gasteiger partial charge in [0.1, 0.15) is 0 Å². The number of benzene rings is 1. The number of methoxy groups -OCH3 is 1. The number of hydrogen-bond acceptors (Lipinski definition) is 8. The molecule has 1 saturated carbocycles. The van der Waals surface area contributed by atoms with Crippen molar-refractivity contribution in [3.63, 3.8) is 0 Å². The first-order chi connectivity index (χ1) is 18.5. The van der Waals surface area contributed by atoms with Gasteiger partial charge in [-0.05, 0) is 51.3 Å². The molecule has 1 N–H and O–H groups in total. The average molecular weight is 572 g/mol. The number of nitrogens with zero attached hydrogens (tertiary/aromatic N) is 4. The molecule has 0 bridgehead atoms. The van der Waals surface area contributed by atoms with Gasteiger partial charge in [0.05, 0.1) is 29.1 Å². The molecule has 0 spiro atoms. The Morgan fingerprint density at radius 2 is 1.97 bits per heavy atom. The van der Waals surface area contributed by atoms with Crippen molar-refractivity contribution in [1.82, 2.24) is 18.9 Å². The summed E-state index contributed by atoms with van der Waals surface area (Å²) in [6, 6.07) is 8.04. The van der Waals surface area contributed by atoms with Crippen LogP contribution >= 0.6 is 11.6 Å². The molecule has 3 heterocycles. The number of ether oxygens (including phenoxy) is 1. The summed E-state index contributed by atoms with van der Waals surface area (Å²) in [5, 5.41) is 3.86. The van der Waals surface area contributed by atoms with Crippen LogP contribution in [-0.2, 0) is 19.6 Å². The summed E-state index contributed by atoms with van der Waals surface area (Å²) < 4.78 is 48.0. The number of rotatable bonds is 6. The highest BCUT2D eigenvalue weighted by molar-refractivity contribution is 7.90. The number of esters is 1. The summed E-state index contributed by atoms with van der Waals surface area (Å²) in [6.45, 7) is 3.77. The lowest BCUT2D eigenvalue weighted by Gasteiger charge is -2.38. The molecule has 2 atom stereocenters. The second-order valence-electron chi connectivity index (χ2n) is 10.1. The summed E-state index contributed by atoms with van der Waals surface area (Å²) >= 11 is 6.22. The SMILES string of the molecule is COC(=O)C1CCCC(C)(Nc2nc(-c3cn(S(=O)(=O)c4ccc(C)cc4)c4ncc(Cl)cc34)ncc2F)C1. The Morgan fingerprint density at radius 3 is 2.69 bits per heavy atom. The van der Waals surface area contributed by atoms with Crippen LogP contribution in [-0.4, -0.2) is 46.0 Å². The van der Waals surface area contributed by atoms with Gasteiger partial charge in [0.2, 0.25) is 0 Å². The molecule has 0 amide bonds. The van der Waals surface area contributed by atoms with Crippen LogP contribution in [0.25, 0.3) is 22.4 Å². The molecule has 1 aliphatic carbocycles. The van der Waals surface area contributed by atoms with Crippen molar-refractivity contribution in [2.24, 2.45) is 5.92 Å². The number of aryl methyl sites for hydroxylation is 1. The number of fused-ring (bicyclic) bond motifs is 1. The van der Waals surface area contributed by atoms with Gasteiger partial charge in [-0.1, -0.05) is 35.7 Å². The van der Waals surface area contributed by atoms with E-state index < -0.39 is 21.4 Å². The largest absolute Gasteiger partial charge is 0.469 e. The first-order valence-electron chi connectivity index (χ1n) is 12.4. The number of carbonyl (C=O) groups excluding carboxylic acids is 1. The Morgan fingerprint density at radius 1 is 1.23 bits per heavy atom. The average Bonchev–Trinajstić information content (AvgIpc) is 3.29. The molecular formula is C27H27ClFN5O4S. The predicted octanol–water partition coefficient (Wildman–Crippen LogP) is 5.37. The van der Waals surface area contributed by atoms with Gasteiger partial charge in [0, 0.05) is 28.9 Å². The van der Waals surface area contributed by atoms with Crippen molar-refractivity contribution in [2.75, 3.05) is 12.4 Å². The third-order valence-corrected chi connectivity index (χ3v) is 8.94. The molecule has 39 heavy (non-hydrogen) atoms. The highest BCUT2D eigenvalue weighted by Gasteiger charge is 2.37. The van der Waals surface area contributed by atoms with E-state index in [1.807, 2.05) is 13.8 Å². The van der Waals surface area contributed by atoms with E-state index >= 15 is 0 Å². The first kappa shape index (κ1) is 27.0. The highest BCUT2D eigenvalue weighted by Crippen LogP contribution is 2.37. The Hall–Kier alpha value is -3.57. The number of pyridine rings is 1. The number of anilines is 1. The molecule has 1 aromatic carbocycles. The Labute approximate surface area is 230 Å². The van der Waals surface area contributed by atoms with Gasteiger partial charge in [0.25, 0.3) is 10.0 Å². The van der Waals surface area contributed by atoms with Crippen LogP contribution in [0.3, 0.4) is 0 Å². The number of hydrogen-bond donors (Lipinski definition) is 1. The molecule has 3 aromatic heterocycles. The zero-order valence-corrected chi connectivity index (χ0v) is 23.2. The number of halogens is 2. The summed E-state index contributed by atoms with van der Waals surface area (Å²) in [7, 11) is -2.67. The fourth-order valence-corrected chi connectivity index (χ4v) is 6.56. The molecule has 0 saturated heterocycles. The minimum atomic E-state index is -4.03. The van der Waals surface area contributed by atoms with Crippen LogP contribution in [0.15, 0.2) is 53.8 Å². The van der Waals surface area contributed by atoms with Gasteiger partial charge >= 0.3 is 5.97 Å². The quantitative estimate of drug-likeness (QED) is 0.307. The molecule has 0 aliphatic heterocycles. The third-order valence-electron chi connectivity index (χ3n) is 7.07. The van der Waals surface area contributed by atoms with Crippen molar-refractivity contribution in [1.29, 1.82) is 0 Å². The van der Waals surface area contributed by atoms with Gasteiger partial charge in [0.15, 0.2) is 23.1 Å². The van der Waals surface area contributed by atoms with Crippen molar-refractivity contribution >= 4 is 44.4 Å². The number of aromatic nitrogens is 4. The molecule has 12 heteroatoms. The molecule has 9 nitrogen and oxygen atoms in total. The van der Waals surface area contributed by atoms with Crippen LogP contribution in [0, 0.1) is 18.7 Å².